The second kappa shape index (κ2) is 4.96. The minimum atomic E-state index is -3.88. The van der Waals surface area contributed by atoms with Crippen LogP contribution >= 0.6 is 0 Å². The van der Waals surface area contributed by atoms with Crippen LogP contribution in [0.3, 0.4) is 0 Å². The molecule has 0 amide bonds. The van der Waals surface area contributed by atoms with E-state index < -0.39 is 10.0 Å². The van der Waals surface area contributed by atoms with Crippen molar-refractivity contribution in [3.8, 4) is 5.75 Å². The molecule has 0 fully saturated rings. The number of fused-ring (bicyclic) bond motifs is 1. The van der Waals surface area contributed by atoms with Gasteiger partial charge in [0.2, 0.25) is 0 Å². The fourth-order valence-electron chi connectivity index (χ4n) is 2.78. The molecule has 1 aromatic carbocycles. The molecular weight excluding hydrogens is 294 g/mol. The van der Waals surface area contributed by atoms with Gasteiger partial charge in [-0.25, -0.2) is 8.42 Å². The van der Waals surface area contributed by atoms with Gasteiger partial charge in [-0.3, -0.25) is 0 Å². The summed E-state index contributed by atoms with van der Waals surface area (Å²) < 4.78 is 30.6. The van der Waals surface area contributed by atoms with Gasteiger partial charge < -0.3 is 4.74 Å². The van der Waals surface area contributed by atoms with Gasteiger partial charge in [-0.1, -0.05) is 0 Å². The van der Waals surface area contributed by atoms with Crippen LogP contribution < -0.4 is 15.1 Å². The van der Waals surface area contributed by atoms with Gasteiger partial charge in [-0.15, -0.1) is 9.74 Å². The SMILES string of the molecule is Cc1c(C)c(S(=O)(=O)NNN=O)c(C)c2c1OC(C)(C)C2. The minimum absolute atomic E-state index is 0.163. The highest BCUT2D eigenvalue weighted by Crippen LogP contribution is 2.43. The third kappa shape index (κ3) is 2.60. The van der Waals surface area contributed by atoms with Crippen LogP contribution in [0.5, 0.6) is 5.75 Å². The van der Waals surface area contributed by atoms with Crippen LogP contribution in [0.15, 0.2) is 10.2 Å². The quantitative estimate of drug-likeness (QED) is 0.652. The van der Waals surface area contributed by atoms with Crippen molar-refractivity contribution in [2.75, 3.05) is 0 Å². The maximum absolute atomic E-state index is 12.3. The molecule has 1 heterocycles. The molecule has 0 unspecified atom stereocenters. The van der Waals surface area contributed by atoms with E-state index in [9.17, 15) is 13.3 Å². The van der Waals surface area contributed by atoms with Gasteiger partial charge in [-0.2, -0.15) is 5.53 Å². The van der Waals surface area contributed by atoms with Crippen molar-refractivity contribution in [3.05, 3.63) is 27.2 Å². The fraction of sp³-hybridized carbons (Fsp3) is 0.538. The lowest BCUT2D eigenvalue weighted by Gasteiger charge is -2.19. The van der Waals surface area contributed by atoms with E-state index in [-0.39, 0.29) is 10.5 Å². The van der Waals surface area contributed by atoms with E-state index in [1.165, 1.54) is 0 Å². The number of benzene rings is 1. The topological polar surface area (TPSA) is 96.9 Å². The van der Waals surface area contributed by atoms with Crippen molar-refractivity contribution in [1.82, 2.24) is 10.4 Å². The van der Waals surface area contributed by atoms with Crippen LogP contribution in [0.2, 0.25) is 0 Å². The van der Waals surface area contributed by atoms with Crippen molar-refractivity contribution in [2.24, 2.45) is 5.29 Å². The summed E-state index contributed by atoms with van der Waals surface area (Å²) in [5.74, 6) is 0.760. The summed E-state index contributed by atoms with van der Waals surface area (Å²) in [4.78, 5) is 12.2. The molecule has 21 heavy (non-hydrogen) atoms. The van der Waals surface area contributed by atoms with E-state index in [1.807, 2.05) is 25.6 Å². The Hall–Kier alpha value is -1.67. The number of nitroso groups, excluding NO2 is 1. The summed E-state index contributed by atoms with van der Waals surface area (Å²) in [7, 11) is -3.88. The van der Waals surface area contributed by atoms with Gasteiger partial charge in [-0.05, 0) is 51.3 Å². The fourth-order valence-corrected chi connectivity index (χ4v) is 4.12. The lowest BCUT2D eigenvalue weighted by Crippen LogP contribution is -2.34. The molecule has 116 valence electrons. The normalized spacial score (nSPS) is 16.2. The average Bonchev–Trinajstić information content (AvgIpc) is 2.70. The minimum Gasteiger partial charge on any atom is -0.487 e. The van der Waals surface area contributed by atoms with Gasteiger partial charge in [0.05, 0.1) is 10.2 Å². The van der Waals surface area contributed by atoms with Gasteiger partial charge in [0.25, 0.3) is 10.0 Å². The standard InChI is InChI=1S/C13H19N3O4S/c1-7-8(2)12(21(18,19)16-14-15-17)9(3)10-6-13(4,5)20-11(7)10/h6H2,1-5H3,(H,14,17)(H,15,16). The van der Waals surface area contributed by atoms with Crippen molar-refractivity contribution in [3.63, 3.8) is 0 Å². The highest BCUT2D eigenvalue weighted by atomic mass is 32.2. The summed E-state index contributed by atoms with van der Waals surface area (Å²) in [6.07, 6.45) is 0.636. The van der Waals surface area contributed by atoms with Crippen LogP contribution in [0, 0.1) is 25.7 Å². The largest absolute Gasteiger partial charge is 0.487 e. The molecule has 1 aliphatic heterocycles. The summed E-state index contributed by atoms with van der Waals surface area (Å²) in [5.41, 5.74) is 4.31. The molecule has 8 heteroatoms. The molecule has 2 rings (SSSR count). The molecule has 0 spiro atoms. The summed E-state index contributed by atoms with van der Waals surface area (Å²) in [6, 6.07) is 0. The number of ether oxygens (including phenoxy) is 1. The number of hydrazine groups is 1. The maximum atomic E-state index is 12.3. The molecule has 0 bridgehead atoms. The Balaban J connectivity index is 2.67. The zero-order valence-electron chi connectivity index (χ0n) is 12.7. The molecule has 0 aromatic heterocycles. The Morgan fingerprint density at radius 3 is 2.33 bits per heavy atom. The number of hydrogen-bond donors (Lipinski definition) is 2. The Labute approximate surface area is 124 Å². The number of rotatable bonds is 4. The van der Waals surface area contributed by atoms with Crippen LogP contribution in [0.4, 0.5) is 0 Å². The number of nitrogens with one attached hydrogen (secondary N) is 2. The first-order chi connectivity index (χ1) is 9.60. The molecule has 1 aromatic rings. The molecule has 0 saturated carbocycles. The van der Waals surface area contributed by atoms with E-state index in [0.717, 1.165) is 16.9 Å². The van der Waals surface area contributed by atoms with Gasteiger partial charge in [0, 0.05) is 12.0 Å². The Bertz CT molecular complexity index is 711. The molecule has 0 saturated heterocycles. The van der Waals surface area contributed by atoms with Crippen LogP contribution in [-0.4, -0.2) is 14.0 Å². The third-order valence-electron chi connectivity index (χ3n) is 3.79. The molecule has 7 nitrogen and oxygen atoms in total. The van der Waals surface area contributed by atoms with E-state index in [1.54, 1.807) is 19.4 Å². The summed E-state index contributed by atoms with van der Waals surface area (Å²) in [5, 5.41) is 2.31. The number of sulfonamides is 1. The van der Waals surface area contributed by atoms with Crippen LogP contribution in [0.25, 0.3) is 0 Å². The van der Waals surface area contributed by atoms with Crippen LogP contribution in [-0.2, 0) is 16.4 Å². The molecule has 0 aliphatic carbocycles. The maximum Gasteiger partial charge on any atom is 0.259 e. The molecule has 0 radical (unpaired) electrons. The first-order valence-electron chi connectivity index (χ1n) is 6.51. The Kier molecular flexibility index (Phi) is 3.71. The Morgan fingerprint density at radius 2 is 1.76 bits per heavy atom. The predicted octanol–water partition coefficient (Wildman–Crippen LogP) is 1.79. The second-order valence-electron chi connectivity index (χ2n) is 5.86. The van der Waals surface area contributed by atoms with E-state index in [0.29, 0.717) is 17.5 Å². The number of nitrogens with zero attached hydrogens (tertiary/aromatic N) is 1. The van der Waals surface area contributed by atoms with Gasteiger partial charge in [0.15, 0.2) is 0 Å². The zero-order valence-corrected chi connectivity index (χ0v) is 13.5. The summed E-state index contributed by atoms with van der Waals surface area (Å²) >= 11 is 0. The molecule has 0 atom stereocenters. The lowest BCUT2D eigenvalue weighted by atomic mass is 9.94. The monoisotopic (exact) mass is 313 g/mol. The van der Waals surface area contributed by atoms with Gasteiger partial charge >= 0.3 is 0 Å². The highest BCUT2D eigenvalue weighted by Gasteiger charge is 2.36. The average molecular weight is 313 g/mol. The van der Waals surface area contributed by atoms with Gasteiger partial charge in [0.1, 0.15) is 11.4 Å². The Morgan fingerprint density at radius 1 is 1.14 bits per heavy atom. The van der Waals surface area contributed by atoms with E-state index in [4.69, 9.17) is 4.74 Å². The summed E-state index contributed by atoms with van der Waals surface area (Å²) in [6.45, 7) is 9.23. The number of hydrogen-bond acceptors (Lipinski definition) is 5. The third-order valence-corrected chi connectivity index (χ3v) is 5.30. The van der Waals surface area contributed by atoms with Crippen molar-refractivity contribution >= 4 is 10.0 Å². The molecule has 2 N–H and O–H groups in total. The van der Waals surface area contributed by atoms with Crippen LogP contribution in [0.1, 0.15) is 36.1 Å². The smallest absolute Gasteiger partial charge is 0.259 e. The van der Waals surface area contributed by atoms with Crippen molar-refractivity contribution < 1.29 is 13.2 Å². The molecular formula is C13H19N3O4S. The zero-order chi connectivity index (χ0) is 16.0. The first kappa shape index (κ1) is 15.7. The predicted molar refractivity (Wildman–Crippen MR) is 78.3 cm³/mol. The van der Waals surface area contributed by atoms with Crippen molar-refractivity contribution in [1.29, 1.82) is 0 Å². The lowest BCUT2D eigenvalue weighted by molar-refractivity contribution is 0.137. The van der Waals surface area contributed by atoms with E-state index >= 15 is 0 Å². The van der Waals surface area contributed by atoms with E-state index in [2.05, 4.69) is 5.29 Å². The molecule has 1 aliphatic rings. The second-order valence-corrected chi connectivity index (χ2v) is 7.48. The van der Waals surface area contributed by atoms with Crippen molar-refractivity contribution in [2.45, 2.75) is 51.5 Å². The first-order valence-corrected chi connectivity index (χ1v) is 8.00. The highest BCUT2D eigenvalue weighted by molar-refractivity contribution is 7.89.